The van der Waals surface area contributed by atoms with Gasteiger partial charge in [-0.3, -0.25) is 9.59 Å². The lowest BCUT2D eigenvalue weighted by atomic mass is 9.85. The summed E-state index contributed by atoms with van der Waals surface area (Å²) in [5.41, 5.74) is 1.38. The van der Waals surface area contributed by atoms with Crippen LogP contribution in [0.2, 0.25) is 0 Å². The number of benzene rings is 1. The molecule has 0 radical (unpaired) electrons. The molecule has 3 atom stereocenters. The van der Waals surface area contributed by atoms with Gasteiger partial charge in [-0.25, -0.2) is 0 Å². The number of Topliss-reactive ketones (excluding diaryl/α,β-unsaturated/α-hetero) is 1. The number of carbonyl (C=O) groups excluding carboxylic acids is 2. The van der Waals surface area contributed by atoms with Gasteiger partial charge in [-0.1, -0.05) is 19.8 Å². The third-order valence-corrected chi connectivity index (χ3v) is 4.53. The number of hydrogen-bond donors (Lipinski definition) is 2. The van der Waals surface area contributed by atoms with Crippen LogP contribution in [0.25, 0.3) is 0 Å². The number of rotatable bonds is 5. The van der Waals surface area contributed by atoms with Crippen LogP contribution in [0.4, 0.5) is 5.69 Å². The van der Waals surface area contributed by atoms with E-state index >= 15 is 0 Å². The molecule has 0 heterocycles. The van der Waals surface area contributed by atoms with Crippen molar-refractivity contribution in [2.45, 2.75) is 58.5 Å². The Labute approximate surface area is 132 Å². The van der Waals surface area contributed by atoms with Crippen molar-refractivity contribution in [3.05, 3.63) is 29.8 Å². The van der Waals surface area contributed by atoms with Crippen molar-refractivity contribution >= 4 is 17.4 Å². The molecular formula is C18H26N2O2. The average Bonchev–Trinajstić information content (AvgIpc) is 2.50. The lowest BCUT2D eigenvalue weighted by molar-refractivity contribution is -0.118. The summed E-state index contributed by atoms with van der Waals surface area (Å²) in [5.74, 6) is 0.617. The van der Waals surface area contributed by atoms with E-state index in [0.717, 1.165) is 12.1 Å². The maximum atomic E-state index is 12.3. The molecule has 1 saturated carbocycles. The second kappa shape index (κ2) is 7.54. The highest BCUT2D eigenvalue weighted by molar-refractivity contribution is 5.96. The molecule has 0 unspecified atom stereocenters. The Morgan fingerprint density at radius 1 is 1.14 bits per heavy atom. The zero-order valence-corrected chi connectivity index (χ0v) is 13.7. The van der Waals surface area contributed by atoms with E-state index in [1.807, 2.05) is 6.92 Å². The third-order valence-electron chi connectivity index (χ3n) is 4.53. The summed E-state index contributed by atoms with van der Waals surface area (Å²) in [4.78, 5) is 23.5. The highest BCUT2D eigenvalue weighted by atomic mass is 16.2. The molecule has 120 valence electrons. The fourth-order valence-corrected chi connectivity index (χ4v) is 3.00. The van der Waals surface area contributed by atoms with Gasteiger partial charge in [-0.05, 0) is 56.9 Å². The minimum absolute atomic E-state index is 0.0270. The predicted molar refractivity (Wildman–Crippen MR) is 89.1 cm³/mol. The Morgan fingerprint density at radius 3 is 2.36 bits per heavy atom. The van der Waals surface area contributed by atoms with Gasteiger partial charge >= 0.3 is 0 Å². The van der Waals surface area contributed by atoms with E-state index in [0.29, 0.717) is 17.5 Å². The van der Waals surface area contributed by atoms with Crippen LogP contribution >= 0.6 is 0 Å². The van der Waals surface area contributed by atoms with E-state index in [1.54, 1.807) is 24.3 Å². The van der Waals surface area contributed by atoms with Crippen molar-refractivity contribution in [1.82, 2.24) is 5.32 Å². The van der Waals surface area contributed by atoms with Crippen LogP contribution in [-0.4, -0.2) is 23.8 Å². The van der Waals surface area contributed by atoms with Gasteiger partial charge in [-0.15, -0.1) is 0 Å². The highest BCUT2D eigenvalue weighted by Gasteiger charge is 2.24. The summed E-state index contributed by atoms with van der Waals surface area (Å²) < 4.78 is 0. The molecule has 1 aromatic carbocycles. The van der Waals surface area contributed by atoms with E-state index in [4.69, 9.17) is 0 Å². The molecule has 4 nitrogen and oxygen atoms in total. The molecule has 0 saturated heterocycles. The van der Waals surface area contributed by atoms with E-state index in [2.05, 4.69) is 17.6 Å². The van der Waals surface area contributed by atoms with Gasteiger partial charge in [0.2, 0.25) is 5.91 Å². The molecule has 0 aliphatic heterocycles. The Morgan fingerprint density at radius 2 is 1.77 bits per heavy atom. The minimum Gasteiger partial charge on any atom is -0.325 e. The number of amides is 1. The first kappa shape index (κ1) is 16.7. The van der Waals surface area contributed by atoms with Gasteiger partial charge in [0.25, 0.3) is 0 Å². The van der Waals surface area contributed by atoms with Crippen LogP contribution in [0.3, 0.4) is 0 Å². The van der Waals surface area contributed by atoms with Gasteiger partial charge in [0.05, 0.1) is 6.04 Å². The molecule has 22 heavy (non-hydrogen) atoms. The van der Waals surface area contributed by atoms with Gasteiger partial charge < -0.3 is 10.6 Å². The number of anilines is 1. The molecule has 2 rings (SSSR count). The molecule has 1 aliphatic carbocycles. The van der Waals surface area contributed by atoms with Crippen LogP contribution in [0.15, 0.2) is 24.3 Å². The zero-order valence-electron chi connectivity index (χ0n) is 13.7. The molecule has 1 fully saturated rings. The van der Waals surface area contributed by atoms with Crippen molar-refractivity contribution in [2.24, 2.45) is 5.92 Å². The molecule has 4 heteroatoms. The quantitative estimate of drug-likeness (QED) is 0.820. The van der Waals surface area contributed by atoms with Crippen molar-refractivity contribution < 1.29 is 9.59 Å². The summed E-state index contributed by atoms with van der Waals surface area (Å²) in [6.45, 7) is 5.69. The SMILES string of the molecule is CC(=O)c1ccc(NC(=O)[C@H](C)N[C@H]2CCCC[C@@H]2C)cc1. The van der Waals surface area contributed by atoms with Crippen LogP contribution in [0.1, 0.15) is 56.8 Å². The van der Waals surface area contributed by atoms with E-state index in [9.17, 15) is 9.59 Å². The van der Waals surface area contributed by atoms with Gasteiger partial charge in [0.1, 0.15) is 0 Å². The van der Waals surface area contributed by atoms with Gasteiger partial charge in [-0.2, -0.15) is 0 Å². The summed E-state index contributed by atoms with van der Waals surface area (Å²) in [5, 5.41) is 6.35. The lowest BCUT2D eigenvalue weighted by Crippen LogP contribution is -2.47. The minimum atomic E-state index is -0.224. The Balaban J connectivity index is 1.89. The normalized spacial score (nSPS) is 22.9. The Kier molecular flexibility index (Phi) is 5.72. The number of nitrogens with one attached hydrogen (secondary N) is 2. The Bertz CT molecular complexity index is 524. The zero-order chi connectivity index (χ0) is 16.1. The summed E-state index contributed by atoms with van der Waals surface area (Å²) in [7, 11) is 0. The topological polar surface area (TPSA) is 58.2 Å². The molecule has 1 aliphatic rings. The molecule has 2 N–H and O–H groups in total. The van der Waals surface area contributed by atoms with Crippen LogP contribution in [-0.2, 0) is 4.79 Å². The monoisotopic (exact) mass is 302 g/mol. The standard InChI is InChI=1S/C18H26N2O2/c1-12-6-4-5-7-17(12)19-13(2)18(22)20-16-10-8-15(9-11-16)14(3)21/h8-13,17,19H,4-7H2,1-3H3,(H,20,22)/t12-,13-,17-/m0/s1. The fraction of sp³-hybridized carbons (Fsp3) is 0.556. The maximum Gasteiger partial charge on any atom is 0.241 e. The second-order valence-corrected chi connectivity index (χ2v) is 6.38. The summed E-state index contributed by atoms with van der Waals surface area (Å²) >= 11 is 0. The third kappa shape index (κ3) is 4.41. The first-order valence-corrected chi connectivity index (χ1v) is 8.15. The van der Waals surface area contributed by atoms with E-state index in [-0.39, 0.29) is 17.7 Å². The van der Waals surface area contributed by atoms with Crippen molar-refractivity contribution in [3.63, 3.8) is 0 Å². The average molecular weight is 302 g/mol. The molecule has 0 bridgehead atoms. The lowest BCUT2D eigenvalue weighted by Gasteiger charge is -2.31. The van der Waals surface area contributed by atoms with Gasteiger partial charge in [0.15, 0.2) is 5.78 Å². The maximum absolute atomic E-state index is 12.3. The molecule has 0 spiro atoms. The van der Waals surface area contributed by atoms with E-state index < -0.39 is 0 Å². The predicted octanol–water partition coefficient (Wildman–Crippen LogP) is 3.38. The largest absolute Gasteiger partial charge is 0.325 e. The first-order chi connectivity index (χ1) is 10.5. The molecule has 1 aromatic rings. The summed E-state index contributed by atoms with van der Waals surface area (Å²) in [6, 6.07) is 7.21. The number of carbonyl (C=O) groups is 2. The molecule has 0 aromatic heterocycles. The van der Waals surface area contributed by atoms with Gasteiger partial charge in [0, 0.05) is 17.3 Å². The molecule has 1 amide bonds. The van der Waals surface area contributed by atoms with Crippen LogP contribution < -0.4 is 10.6 Å². The second-order valence-electron chi connectivity index (χ2n) is 6.38. The van der Waals surface area contributed by atoms with Crippen LogP contribution in [0.5, 0.6) is 0 Å². The Hall–Kier alpha value is -1.68. The van der Waals surface area contributed by atoms with E-state index in [1.165, 1.54) is 26.2 Å². The van der Waals surface area contributed by atoms with Crippen molar-refractivity contribution in [2.75, 3.05) is 5.32 Å². The number of ketones is 1. The molecular weight excluding hydrogens is 276 g/mol. The number of hydrogen-bond acceptors (Lipinski definition) is 3. The highest BCUT2D eigenvalue weighted by Crippen LogP contribution is 2.24. The first-order valence-electron chi connectivity index (χ1n) is 8.15. The fourth-order valence-electron chi connectivity index (χ4n) is 3.00. The van der Waals surface area contributed by atoms with Crippen molar-refractivity contribution in [1.29, 1.82) is 0 Å². The van der Waals surface area contributed by atoms with Crippen LogP contribution in [0, 0.1) is 5.92 Å². The smallest absolute Gasteiger partial charge is 0.241 e. The van der Waals surface area contributed by atoms with Crippen molar-refractivity contribution in [3.8, 4) is 0 Å². The summed E-state index contributed by atoms with van der Waals surface area (Å²) in [6.07, 6.45) is 4.91.